The molecule has 0 radical (unpaired) electrons. The predicted octanol–water partition coefficient (Wildman–Crippen LogP) is 4.12. The number of carbonyl (C=O) groups excluding carboxylic acids is 2. The number of hydrogen-bond donors (Lipinski definition) is 0. The van der Waals surface area contributed by atoms with Gasteiger partial charge < -0.3 is 4.90 Å². The van der Waals surface area contributed by atoms with E-state index in [1.807, 2.05) is 36.1 Å². The Morgan fingerprint density at radius 1 is 1.24 bits per heavy atom. The zero-order valence-corrected chi connectivity index (χ0v) is 15.9. The van der Waals surface area contributed by atoms with Gasteiger partial charge >= 0.3 is 0 Å². The number of nitrogens with zero attached hydrogens (tertiary/aromatic N) is 2. The Kier molecular flexibility index (Phi) is 5.33. The molecule has 1 aromatic carbocycles. The van der Waals surface area contributed by atoms with Crippen LogP contribution in [0.3, 0.4) is 0 Å². The fraction of sp³-hybridized carbons (Fsp3) is 0.450. The van der Waals surface area contributed by atoms with Crippen molar-refractivity contribution in [1.29, 1.82) is 0 Å². The molecule has 2 aromatic rings. The van der Waals surface area contributed by atoms with Gasteiger partial charge in [-0.2, -0.15) is 0 Å². The lowest BCUT2D eigenvalue weighted by atomic mass is 9.99. The Morgan fingerprint density at radius 3 is 2.56 bits per heavy atom. The standard InChI is InChI=1S/C20H24N2O2S/c1-13-8-10-22(11-9-13)20(24)18-17(12-15(3)23)21-19(25-18)16-7-5-4-6-14(16)2/h4-7,13H,8-12H2,1-3H3. The smallest absolute Gasteiger partial charge is 0.265 e. The second-order valence-electron chi connectivity index (χ2n) is 6.96. The first-order valence-electron chi connectivity index (χ1n) is 8.80. The van der Waals surface area contributed by atoms with E-state index in [-0.39, 0.29) is 18.1 Å². The summed E-state index contributed by atoms with van der Waals surface area (Å²) in [6.45, 7) is 7.39. The van der Waals surface area contributed by atoms with Gasteiger partial charge in [0.15, 0.2) is 0 Å². The molecule has 0 aliphatic carbocycles. The Balaban J connectivity index is 1.95. The summed E-state index contributed by atoms with van der Waals surface area (Å²) in [4.78, 5) is 31.9. The summed E-state index contributed by atoms with van der Waals surface area (Å²) < 4.78 is 0. The molecule has 1 amide bonds. The molecule has 1 aliphatic rings. The molecule has 1 aliphatic heterocycles. The number of benzene rings is 1. The van der Waals surface area contributed by atoms with Crippen LogP contribution >= 0.6 is 11.3 Å². The normalized spacial score (nSPS) is 15.4. The summed E-state index contributed by atoms with van der Waals surface area (Å²) in [6, 6.07) is 8.02. The number of carbonyl (C=O) groups is 2. The lowest BCUT2D eigenvalue weighted by molar-refractivity contribution is -0.116. The first-order valence-corrected chi connectivity index (χ1v) is 9.61. The molecule has 4 nitrogen and oxygen atoms in total. The van der Waals surface area contributed by atoms with Crippen molar-refractivity contribution in [3.05, 3.63) is 40.4 Å². The molecule has 0 bridgehead atoms. The largest absolute Gasteiger partial charge is 0.338 e. The molecular formula is C20H24N2O2S. The minimum absolute atomic E-state index is 0.0282. The van der Waals surface area contributed by atoms with E-state index in [9.17, 15) is 9.59 Å². The number of amides is 1. The maximum atomic E-state index is 13.0. The molecule has 0 atom stereocenters. The monoisotopic (exact) mass is 356 g/mol. The molecule has 2 heterocycles. The highest BCUT2D eigenvalue weighted by atomic mass is 32.1. The van der Waals surface area contributed by atoms with E-state index >= 15 is 0 Å². The number of rotatable bonds is 4. The zero-order chi connectivity index (χ0) is 18.0. The molecule has 0 N–H and O–H groups in total. The van der Waals surface area contributed by atoms with Crippen LogP contribution in [0.25, 0.3) is 10.6 Å². The third kappa shape index (κ3) is 3.98. The third-order valence-corrected chi connectivity index (χ3v) is 5.87. The van der Waals surface area contributed by atoms with E-state index in [2.05, 4.69) is 11.9 Å². The summed E-state index contributed by atoms with van der Waals surface area (Å²) in [5, 5.41) is 0.822. The van der Waals surface area contributed by atoms with E-state index in [4.69, 9.17) is 0 Å². The highest BCUT2D eigenvalue weighted by Gasteiger charge is 2.27. The summed E-state index contributed by atoms with van der Waals surface area (Å²) in [6.07, 6.45) is 2.29. The molecule has 0 spiro atoms. The first kappa shape index (κ1) is 17.8. The average molecular weight is 356 g/mol. The van der Waals surface area contributed by atoms with Crippen LogP contribution in [-0.2, 0) is 11.2 Å². The van der Waals surface area contributed by atoms with E-state index in [1.165, 1.54) is 11.3 Å². The Bertz CT molecular complexity index is 789. The molecule has 1 fully saturated rings. The minimum Gasteiger partial charge on any atom is -0.338 e. The second-order valence-corrected chi connectivity index (χ2v) is 7.96. The molecule has 0 saturated carbocycles. The highest BCUT2D eigenvalue weighted by molar-refractivity contribution is 7.17. The van der Waals surface area contributed by atoms with Crippen LogP contribution in [0.15, 0.2) is 24.3 Å². The van der Waals surface area contributed by atoms with Gasteiger partial charge in [0.25, 0.3) is 5.91 Å². The van der Waals surface area contributed by atoms with Gasteiger partial charge in [-0.25, -0.2) is 4.98 Å². The second kappa shape index (κ2) is 7.48. The first-order chi connectivity index (χ1) is 12.0. The fourth-order valence-corrected chi connectivity index (χ4v) is 4.30. The summed E-state index contributed by atoms with van der Waals surface area (Å²) in [5.74, 6) is 0.730. The molecule has 25 heavy (non-hydrogen) atoms. The van der Waals surface area contributed by atoms with Gasteiger partial charge in [-0.05, 0) is 38.2 Å². The lowest BCUT2D eigenvalue weighted by Gasteiger charge is -2.30. The molecule has 1 saturated heterocycles. The number of ketones is 1. The van der Waals surface area contributed by atoms with Crippen LogP contribution in [-0.4, -0.2) is 34.7 Å². The highest BCUT2D eigenvalue weighted by Crippen LogP contribution is 2.32. The van der Waals surface area contributed by atoms with Crippen molar-refractivity contribution < 1.29 is 9.59 Å². The Morgan fingerprint density at radius 2 is 1.92 bits per heavy atom. The van der Waals surface area contributed by atoms with Crippen molar-refractivity contribution in [2.45, 2.75) is 40.0 Å². The van der Waals surface area contributed by atoms with E-state index < -0.39 is 0 Å². The SMILES string of the molecule is CC(=O)Cc1nc(-c2ccccc2C)sc1C(=O)N1CCC(C)CC1. The van der Waals surface area contributed by atoms with Crippen molar-refractivity contribution in [2.75, 3.05) is 13.1 Å². The number of likely N-dealkylation sites (tertiary alicyclic amines) is 1. The minimum atomic E-state index is 0.0282. The van der Waals surface area contributed by atoms with Crippen LogP contribution in [0, 0.1) is 12.8 Å². The van der Waals surface area contributed by atoms with Crippen LogP contribution < -0.4 is 0 Å². The Labute approximate surface area is 152 Å². The molecule has 3 rings (SSSR count). The van der Waals surface area contributed by atoms with E-state index in [0.29, 0.717) is 16.5 Å². The molecular weight excluding hydrogens is 332 g/mol. The maximum absolute atomic E-state index is 13.0. The summed E-state index contributed by atoms with van der Waals surface area (Å²) >= 11 is 1.42. The number of Topliss-reactive ketones (excluding diaryl/α,β-unsaturated/α-hetero) is 1. The number of aromatic nitrogens is 1. The van der Waals surface area contributed by atoms with Crippen LogP contribution in [0.4, 0.5) is 0 Å². The van der Waals surface area contributed by atoms with Crippen LogP contribution in [0.2, 0.25) is 0 Å². The summed E-state index contributed by atoms with van der Waals surface area (Å²) in [5.41, 5.74) is 2.78. The fourth-order valence-electron chi connectivity index (χ4n) is 3.16. The third-order valence-electron chi connectivity index (χ3n) is 4.75. The summed E-state index contributed by atoms with van der Waals surface area (Å²) in [7, 11) is 0. The lowest BCUT2D eigenvalue weighted by Crippen LogP contribution is -2.38. The van der Waals surface area contributed by atoms with E-state index in [1.54, 1.807) is 6.92 Å². The van der Waals surface area contributed by atoms with Crippen molar-refractivity contribution in [3.63, 3.8) is 0 Å². The van der Waals surface area contributed by atoms with Gasteiger partial charge in [0, 0.05) is 18.7 Å². The number of piperidine rings is 1. The van der Waals surface area contributed by atoms with Gasteiger partial charge in [0.05, 0.1) is 12.1 Å². The van der Waals surface area contributed by atoms with Gasteiger partial charge in [0.1, 0.15) is 15.7 Å². The van der Waals surface area contributed by atoms with Gasteiger partial charge in [-0.1, -0.05) is 31.2 Å². The van der Waals surface area contributed by atoms with Crippen LogP contribution in [0.1, 0.15) is 47.6 Å². The predicted molar refractivity (Wildman–Crippen MR) is 101 cm³/mol. The topological polar surface area (TPSA) is 50.3 Å². The number of thiazole rings is 1. The van der Waals surface area contributed by atoms with Crippen molar-refractivity contribution >= 4 is 23.0 Å². The van der Waals surface area contributed by atoms with Gasteiger partial charge in [-0.15, -0.1) is 11.3 Å². The average Bonchev–Trinajstić information content (AvgIpc) is 2.98. The maximum Gasteiger partial charge on any atom is 0.265 e. The van der Waals surface area contributed by atoms with Gasteiger partial charge in [-0.3, -0.25) is 9.59 Å². The van der Waals surface area contributed by atoms with Crippen molar-refractivity contribution in [1.82, 2.24) is 9.88 Å². The molecule has 1 aromatic heterocycles. The van der Waals surface area contributed by atoms with Gasteiger partial charge in [0.2, 0.25) is 0 Å². The zero-order valence-electron chi connectivity index (χ0n) is 15.0. The van der Waals surface area contributed by atoms with Crippen LogP contribution in [0.5, 0.6) is 0 Å². The quantitative estimate of drug-likeness (QED) is 0.828. The van der Waals surface area contributed by atoms with Crippen molar-refractivity contribution in [2.24, 2.45) is 5.92 Å². The molecule has 0 unspecified atom stereocenters. The molecule has 5 heteroatoms. The van der Waals surface area contributed by atoms with E-state index in [0.717, 1.165) is 42.1 Å². The number of hydrogen-bond acceptors (Lipinski definition) is 4. The number of aryl methyl sites for hydroxylation is 1. The van der Waals surface area contributed by atoms with Crippen molar-refractivity contribution in [3.8, 4) is 10.6 Å². The Hall–Kier alpha value is -2.01. The molecule has 132 valence electrons.